The second-order valence-corrected chi connectivity index (χ2v) is 10.8. The van der Waals surface area contributed by atoms with Crippen LogP contribution in [0.3, 0.4) is 0 Å². The van der Waals surface area contributed by atoms with Crippen molar-refractivity contribution < 1.29 is 19.5 Å². The van der Waals surface area contributed by atoms with Crippen molar-refractivity contribution in [2.45, 2.75) is 45.7 Å². The lowest BCUT2D eigenvalue weighted by Crippen LogP contribution is -2.35. The molecule has 3 aromatic rings. The fraction of sp³-hybridized carbons (Fsp3) is 0.333. The Kier molecular flexibility index (Phi) is 9.89. The van der Waals surface area contributed by atoms with Crippen LogP contribution >= 0.6 is 35.3 Å². The molecule has 0 saturated heterocycles. The summed E-state index contributed by atoms with van der Waals surface area (Å²) >= 11 is 7.29. The van der Waals surface area contributed by atoms with Gasteiger partial charge in [0.1, 0.15) is 0 Å². The van der Waals surface area contributed by atoms with Gasteiger partial charge in [-0.25, -0.2) is 9.78 Å². The Morgan fingerprint density at radius 3 is 2.55 bits per heavy atom. The number of hydrogen-bond donors (Lipinski definition) is 2. The summed E-state index contributed by atoms with van der Waals surface area (Å²) in [5.74, 6) is -1.59. The van der Waals surface area contributed by atoms with Crippen LogP contribution < -0.4 is 10.2 Å². The van der Waals surface area contributed by atoms with Crippen LogP contribution in [0.1, 0.15) is 56.6 Å². The Labute approximate surface area is 237 Å². The molecule has 1 aliphatic heterocycles. The number of carbonyl (C=O) groups is 3. The molecule has 11 heteroatoms. The van der Waals surface area contributed by atoms with Gasteiger partial charge in [-0.15, -0.1) is 23.7 Å². The zero-order valence-electron chi connectivity index (χ0n) is 21.4. The predicted molar refractivity (Wildman–Crippen MR) is 153 cm³/mol. The van der Waals surface area contributed by atoms with E-state index in [9.17, 15) is 19.5 Å². The van der Waals surface area contributed by atoms with Gasteiger partial charge in [-0.3, -0.25) is 14.5 Å². The SMILES string of the molecule is CC(C)N1CCc2nc(C(=O)N(C)c3cc(C(=O)O)ccc3CCC(=O)Nc3ccc(Cl)cc3)sc2C1.Cl. The van der Waals surface area contributed by atoms with Crippen molar-refractivity contribution in [1.29, 1.82) is 0 Å². The number of aryl methyl sites for hydroxylation is 1. The number of amides is 2. The summed E-state index contributed by atoms with van der Waals surface area (Å²) in [5, 5.41) is 13.3. The van der Waals surface area contributed by atoms with Gasteiger partial charge in [-0.2, -0.15) is 0 Å². The number of carboxylic acids is 1. The van der Waals surface area contributed by atoms with Crippen LogP contribution in [0.5, 0.6) is 0 Å². The third kappa shape index (κ3) is 6.91. The number of fused-ring (bicyclic) bond motifs is 1. The number of aromatic carboxylic acids is 1. The first-order valence-corrected chi connectivity index (χ1v) is 13.2. The number of aromatic nitrogens is 1. The summed E-state index contributed by atoms with van der Waals surface area (Å²) in [6, 6.07) is 11.8. The molecule has 0 radical (unpaired) electrons. The van der Waals surface area contributed by atoms with E-state index < -0.39 is 5.97 Å². The van der Waals surface area contributed by atoms with Crippen LogP contribution in [-0.4, -0.2) is 52.4 Å². The summed E-state index contributed by atoms with van der Waals surface area (Å²) < 4.78 is 0. The highest BCUT2D eigenvalue weighted by atomic mass is 35.5. The second kappa shape index (κ2) is 12.7. The second-order valence-electron chi connectivity index (χ2n) is 9.27. The maximum Gasteiger partial charge on any atom is 0.335 e. The van der Waals surface area contributed by atoms with Gasteiger partial charge in [-0.1, -0.05) is 17.7 Å². The van der Waals surface area contributed by atoms with E-state index in [4.69, 9.17) is 11.6 Å². The van der Waals surface area contributed by atoms with E-state index in [0.717, 1.165) is 30.1 Å². The number of anilines is 2. The molecule has 1 aliphatic rings. The van der Waals surface area contributed by atoms with Crippen LogP contribution in [0.2, 0.25) is 5.02 Å². The minimum atomic E-state index is -1.09. The number of nitrogens with one attached hydrogen (secondary N) is 1. The third-order valence-corrected chi connectivity index (χ3v) is 7.74. The number of carbonyl (C=O) groups excluding carboxylic acids is 2. The van der Waals surface area contributed by atoms with E-state index in [1.807, 2.05) is 0 Å². The monoisotopic (exact) mass is 576 g/mol. The van der Waals surface area contributed by atoms with E-state index in [-0.39, 0.29) is 36.2 Å². The molecule has 8 nitrogen and oxygen atoms in total. The van der Waals surface area contributed by atoms with Gasteiger partial charge >= 0.3 is 5.97 Å². The van der Waals surface area contributed by atoms with Crippen molar-refractivity contribution in [2.75, 3.05) is 23.8 Å². The van der Waals surface area contributed by atoms with E-state index >= 15 is 0 Å². The highest BCUT2D eigenvalue weighted by Crippen LogP contribution is 2.30. The Hall–Kier alpha value is -2.98. The largest absolute Gasteiger partial charge is 0.478 e. The Balaban J connectivity index is 0.00000400. The average Bonchev–Trinajstić information content (AvgIpc) is 3.31. The van der Waals surface area contributed by atoms with Crippen molar-refractivity contribution in [3.05, 3.63) is 74.2 Å². The molecule has 0 atom stereocenters. The zero-order chi connectivity index (χ0) is 26.7. The highest BCUT2D eigenvalue weighted by molar-refractivity contribution is 7.13. The van der Waals surface area contributed by atoms with Crippen LogP contribution in [-0.2, 0) is 24.2 Å². The molecule has 202 valence electrons. The summed E-state index contributed by atoms with van der Waals surface area (Å²) in [7, 11) is 1.61. The number of benzene rings is 2. The van der Waals surface area contributed by atoms with E-state index in [1.165, 1.54) is 28.4 Å². The molecule has 4 rings (SSSR count). The van der Waals surface area contributed by atoms with Crippen LogP contribution in [0.25, 0.3) is 0 Å². The zero-order valence-corrected chi connectivity index (χ0v) is 23.8. The maximum atomic E-state index is 13.4. The number of hydrogen-bond acceptors (Lipinski definition) is 6. The number of nitrogens with zero attached hydrogens (tertiary/aromatic N) is 3. The van der Waals surface area contributed by atoms with Gasteiger partial charge in [0.05, 0.1) is 11.3 Å². The minimum Gasteiger partial charge on any atom is -0.478 e. The molecule has 0 spiro atoms. The molecular formula is C27H30Cl2N4O4S. The standard InChI is InChI=1S/C27H29ClN4O4S.ClH/c1-16(2)32-13-12-21-23(15-32)37-25(30-21)26(34)31(3)22-14-18(27(35)36)5-4-17(22)6-11-24(33)29-20-9-7-19(28)8-10-20;/h4-5,7-10,14,16H,6,11-13,15H2,1-3H3,(H,29,33)(H,35,36);1H. The maximum absolute atomic E-state index is 13.4. The van der Waals surface area contributed by atoms with Crippen LogP contribution in [0, 0.1) is 0 Å². The average molecular weight is 578 g/mol. The molecule has 0 saturated carbocycles. The molecule has 38 heavy (non-hydrogen) atoms. The van der Waals surface area contributed by atoms with Crippen LogP contribution in [0.15, 0.2) is 42.5 Å². The topological polar surface area (TPSA) is 103 Å². The Morgan fingerprint density at radius 1 is 1.18 bits per heavy atom. The normalized spacial score (nSPS) is 13.0. The van der Waals surface area contributed by atoms with E-state index in [0.29, 0.717) is 39.4 Å². The van der Waals surface area contributed by atoms with Gasteiger partial charge in [0, 0.05) is 60.3 Å². The van der Waals surface area contributed by atoms with Gasteiger partial charge in [-0.05, 0) is 62.2 Å². The molecule has 2 N–H and O–H groups in total. The third-order valence-electron chi connectivity index (χ3n) is 6.42. The first-order chi connectivity index (χ1) is 17.6. The molecule has 0 bridgehead atoms. The molecule has 2 aromatic carbocycles. The molecule has 2 heterocycles. The number of rotatable bonds is 8. The van der Waals surface area contributed by atoms with Gasteiger partial charge < -0.3 is 15.3 Å². The van der Waals surface area contributed by atoms with E-state index in [1.54, 1.807) is 37.4 Å². The lowest BCUT2D eigenvalue weighted by molar-refractivity contribution is -0.116. The first-order valence-electron chi connectivity index (χ1n) is 12.0. The summed E-state index contributed by atoms with van der Waals surface area (Å²) in [6.45, 7) is 5.97. The summed E-state index contributed by atoms with van der Waals surface area (Å²) in [6.07, 6.45) is 1.27. The summed E-state index contributed by atoms with van der Waals surface area (Å²) in [4.78, 5) is 47.1. The lowest BCUT2D eigenvalue weighted by atomic mass is 10.0. The first kappa shape index (κ1) is 29.6. The van der Waals surface area contributed by atoms with Crippen LogP contribution in [0.4, 0.5) is 11.4 Å². The minimum absolute atomic E-state index is 0. The van der Waals surface area contributed by atoms with Gasteiger partial charge in [0.2, 0.25) is 5.91 Å². The molecule has 2 amide bonds. The Bertz CT molecular complexity index is 1330. The van der Waals surface area contributed by atoms with Crippen molar-refractivity contribution in [3.8, 4) is 0 Å². The lowest BCUT2D eigenvalue weighted by Gasteiger charge is -2.29. The van der Waals surface area contributed by atoms with Crippen molar-refractivity contribution in [1.82, 2.24) is 9.88 Å². The van der Waals surface area contributed by atoms with Crippen molar-refractivity contribution >= 4 is 64.5 Å². The molecule has 1 aromatic heterocycles. The predicted octanol–water partition coefficient (Wildman–Crippen LogP) is 5.53. The number of halogens is 2. The van der Waals surface area contributed by atoms with Crippen molar-refractivity contribution in [2.24, 2.45) is 0 Å². The number of carboxylic acid groups (broad SMARTS) is 1. The summed E-state index contributed by atoms with van der Waals surface area (Å²) in [5.41, 5.74) is 2.79. The molecule has 0 fully saturated rings. The van der Waals surface area contributed by atoms with Crippen molar-refractivity contribution in [3.63, 3.8) is 0 Å². The molecule has 0 aliphatic carbocycles. The molecule has 0 unspecified atom stereocenters. The fourth-order valence-electron chi connectivity index (χ4n) is 4.23. The Morgan fingerprint density at radius 2 is 1.89 bits per heavy atom. The number of thiazole rings is 1. The smallest absolute Gasteiger partial charge is 0.335 e. The van der Waals surface area contributed by atoms with Gasteiger partial charge in [0.15, 0.2) is 5.01 Å². The fourth-order valence-corrected chi connectivity index (χ4v) is 5.46. The highest BCUT2D eigenvalue weighted by Gasteiger charge is 2.27. The quantitative estimate of drug-likeness (QED) is 0.365. The van der Waals surface area contributed by atoms with E-state index in [2.05, 4.69) is 29.0 Å². The van der Waals surface area contributed by atoms with Gasteiger partial charge in [0.25, 0.3) is 5.91 Å². The molecular weight excluding hydrogens is 547 g/mol.